The Balaban J connectivity index is 2.64. The molecule has 1 aliphatic heterocycles. The normalized spacial score (nSPS) is 24.0. The van der Waals surface area contributed by atoms with Crippen molar-refractivity contribution >= 4 is 0 Å². The zero-order chi connectivity index (χ0) is 15.2. The molecule has 0 aromatic rings. The first-order valence-corrected chi connectivity index (χ1v) is 8.41. The highest BCUT2D eigenvalue weighted by Crippen LogP contribution is 2.29. The standard InChI is InChI=1S/C17H36N2O/c1-7-8-10-14(2)16(17(3,4)5)18-19-12-9-11-15(19)13-20-6/h14-16,18H,7-13H2,1-6H3/t14-,15+,16+/m1/s1. The summed E-state index contributed by atoms with van der Waals surface area (Å²) in [7, 11) is 1.81. The van der Waals surface area contributed by atoms with Crippen LogP contribution in [0.25, 0.3) is 0 Å². The first-order valence-electron chi connectivity index (χ1n) is 8.41. The Morgan fingerprint density at radius 2 is 2.05 bits per heavy atom. The van der Waals surface area contributed by atoms with E-state index in [0.717, 1.165) is 13.2 Å². The number of rotatable bonds is 8. The van der Waals surface area contributed by atoms with Crippen molar-refractivity contribution in [3.05, 3.63) is 0 Å². The predicted molar refractivity (Wildman–Crippen MR) is 86.7 cm³/mol. The molecular weight excluding hydrogens is 248 g/mol. The molecule has 0 amide bonds. The van der Waals surface area contributed by atoms with E-state index in [2.05, 4.69) is 45.1 Å². The Labute approximate surface area is 126 Å². The molecule has 1 fully saturated rings. The fourth-order valence-corrected chi connectivity index (χ4v) is 3.42. The van der Waals surface area contributed by atoms with Crippen LogP contribution in [-0.4, -0.2) is 37.4 Å². The Hall–Kier alpha value is -0.120. The second-order valence-electron chi connectivity index (χ2n) is 7.54. The molecule has 0 spiro atoms. The van der Waals surface area contributed by atoms with Gasteiger partial charge in [-0.3, -0.25) is 5.43 Å². The second kappa shape index (κ2) is 8.35. The minimum Gasteiger partial charge on any atom is -0.383 e. The molecule has 3 atom stereocenters. The van der Waals surface area contributed by atoms with Gasteiger partial charge in [0.2, 0.25) is 0 Å². The molecule has 0 unspecified atom stereocenters. The Morgan fingerprint density at radius 1 is 1.35 bits per heavy atom. The molecule has 0 saturated carbocycles. The monoisotopic (exact) mass is 284 g/mol. The van der Waals surface area contributed by atoms with Crippen molar-refractivity contribution in [1.82, 2.24) is 10.4 Å². The summed E-state index contributed by atoms with van der Waals surface area (Å²) in [6.45, 7) is 13.7. The van der Waals surface area contributed by atoms with Gasteiger partial charge in [-0.2, -0.15) is 0 Å². The van der Waals surface area contributed by atoms with Crippen LogP contribution in [0.2, 0.25) is 0 Å². The van der Waals surface area contributed by atoms with Crippen molar-refractivity contribution in [1.29, 1.82) is 0 Å². The summed E-state index contributed by atoms with van der Waals surface area (Å²) in [5, 5.41) is 2.45. The van der Waals surface area contributed by atoms with Crippen molar-refractivity contribution in [2.45, 2.75) is 78.8 Å². The average molecular weight is 284 g/mol. The summed E-state index contributed by atoms with van der Waals surface area (Å²) in [5.41, 5.74) is 4.14. The van der Waals surface area contributed by atoms with Crippen molar-refractivity contribution in [3.63, 3.8) is 0 Å². The summed E-state index contributed by atoms with van der Waals surface area (Å²) in [6.07, 6.45) is 6.46. The molecule has 1 saturated heterocycles. The van der Waals surface area contributed by atoms with Gasteiger partial charge < -0.3 is 4.74 Å². The number of hydrogen-bond donors (Lipinski definition) is 1. The minimum absolute atomic E-state index is 0.285. The fourth-order valence-electron chi connectivity index (χ4n) is 3.42. The molecule has 1 aliphatic rings. The smallest absolute Gasteiger partial charge is 0.0632 e. The van der Waals surface area contributed by atoms with E-state index in [9.17, 15) is 0 Å². The molecule has 1 heterocycles. The molecule has 3 heteroatoms. The van der Waals surface area contributed by atoms with E-state index in [1.165, 1.54) is 32.1 Å². The van der Waals surface area contributed by atoms with Gasteiger partial charge in [0.05, 0.1) is 6.61 Å². The summed E-state index contributed by atoms with van der Waals surface area (Å²) < 4.78 is 5.37. The van der Waals surface area contributed by atoms with E-state index in [-0.39, 0.29) is 5.41 Å². The maximum absolute atomic E-state index is 5.37. The third kappa shape index (κ3) is 5.34. The van der Waals surface area contributed by atoms with Crippen LogP contribution in [0.1, 0.15) is 66.7 Å². The molecule has 3 nitrogen and oxygen atoms in total. The van der Waals surface area contributed by atoms with Gasteiger partial charge in [0.25, 0.3) is 0 Å². The first kappa shape index (κ1) is 17.9. The minimum atomic E-state index is 0.285. The maximum Gasteiger partial charge on any atom is 0.0632 e. The van der Waals surface area contributed by atoms with Gasteiger partial charge in [0.15, 0.2) is 0 Å². The predicted octanol–water partition coefficient (Wildman–Crippen LogP) is 3.84. The number of ether oxygens (including phenoxy) is 1. The molecule has 0 radical (unpaired) electrons. The molecule has 1 N–H and O–H groups in total. The molecule has 20 heavy (non-hydrogen) atoms. The van der Waals surface area contributed by atoms with Crippen LogP contribution in [0.15, 0.2) is 0 Å². The van der Waals surface area contributed by atoms with Crippen molar-refractivity contribution < 1.29 is 4.74 Å². The lowest BCUT2D eigenvalue weighted by atomic mass is 9.78. The van der Waals surface area contributed by atoms with Crippen LogP contribution < -0.4 is 5.43 Å². The number of hydrazine groups is 1. The zero-order valence-corrected chi connectivity index (χ0v) is 14.5. The van der Waals surface area contributed by atoms with Crippen LogP contribution in [0, 0.1) is 11.3 Å². The average Bonchev–Trinajstić information content (AvgIpc) is 2.79. The molecule has 1 rings (SSSR count). The number of unbranched alkanes of at least 4 members (excludes halogenated alkanes) is 1. The molecule has 0 aliphatic carbocycles. The van der Waals surface area contributed by atoms with Crippen LogP contribution in [0.4, 0.5) is 0 Å². The Morgan fingerprint density at radius 3 is 2.60 bits per heavy atom. The lowest BCUT2D eigenvalue weighted by molar-refractivity contribution is 0.0323. The van der Waals surface area contributed by atoms with Gasteiger partial charge in [-0.1, -0.05) is 47.5 Å². The summed E-state index contributed by atoms with van der Waals surface area (Å²) >= 11 is 0. The molecular formula is C17H36N2O. The van der Waals surface area contributed by atoms with Crippen molar-refractivity contribution in [3.8, 4) is 0 Å². The summed E-state index contributed by atoms with van der Waals surface area (Å²) in [5.74, 6) is 0.707. The van der Waals surface area contributed by atoms with E-state index in [1.54, 1.807) is 0 Å². The van der Waals surface area contributed by atoms with Gasteiger partial charge in [-0.25, -0.2) is 5.01 Å². The lowest BCUT2D eigenvalue weighted by Crippen LogP contribution is -2.55. The number of methoxy groups -OCH3 is 1. The number of nitrogens with zero attached hydrogens (tertiary/aromatic N) is 1. The molecule has 120 valence electrons. The van der Waals surface area contributed by atoms with Gasteiger partial charge in [0.1, 0.15) is 0 Å². The Kier molecular flexibility index (Phi) is 7.49. The highest BCUT2D eigenvalue weighted by Gasteiger charge is 2.34. The SMILES string of the molecule is CCCC[C@@H](C)[C@H](NN1CCC[C@H]1COC)C(C)(C)C. The van der Waals surface area contributed by atoms with E-state index in [0.29, 0.717) is 18.0 Å². The van der Waals surface area contributed by atoms with E-state index in [1.807, 2.05) is 7.11 Å². The fraction of sp³-hybridized carbons (Fsp3) is 1.00. The third-order valence-corrected chi connectivity index (χ3v) is 4.56. The van der Waals surface area contributed by atoms with Gasteiger partial charge >= 0.3 is 0 Å². The van der Waals surface area contributed by atoms with Crippen LogP contribution in [-0.2, 0) is 4.74 Å². The van der Waals surface area contributed by atoms with Gasteiger partial charge in [0, 0.05) is 25.7 Å². The van der Waals surface area contributed by atoms with E-state index < -0.39 is 0 Å². The maximum atomic E-state index is 5.37. The van der Waals surface area contributed by atoms with E-state index >= 15 is 0 Å². The largest absolute Gasteiger partial charge is 0.383 e. The van der Waals surface area contributed by atoms with Crippen LogP contribution >= 0.6 is 0 Å². The topological polar surface area (TPSA) is 24.5 Å². The van der Waals surface area contributed by atoms with Crippen molar-refractivity contribution in [2.24, 2.45) is 11.3 Å². The number of hydrogen-bond acceptors (Lipinski definition) is 3. The van der Waals surface area contributed by atoms with E-state index in [4.69, 9.17) is 4.74 Å². The lowest BCUT2D eigenvalue weighted by Gasteiger charge is -2.40. The van der Waals surface area contributed by atoms with Gasteiger partial charge in [-0.15, -0.1) is 0 Å². The van der Waals surface area contributed by atoms with Crippen LogP contribution in [0.5, 0.6) is 0 Å². The highest BCUT2D eigenvalue weighted by molar-refractivity contribution is 4.87. The zero-order valence-electron chi connectivity index (χ0n) is 14.5. The highest BCUT2D eigenvalue weighted by atomic mass is 16.5. The first-order chi connectivity index (χ1) is 9.40. The van der Waals surface area contributed by atoms with Gasteiger partial charge in [-0.05, 0) is 30.6 Å². The Bertz CT molecular complexity index is 262. The van der Waals surface area contributed by atoms with Crippen LogP contribution in [0.3, 0.4) is 0 Å². The summed E-state index contributed by atoms with van der Waals surface area (Å²) in [4.78, 5) is 0. The third-order valence-electron chi connectivity index (χ3n) is 4.56. The molecule has 0 aromatic heterocycles. The second-order valence-corrected chi connectivity index (χ2v) is 7.54. The summed E-state index contributed by atoms with van der Waals surface area (Å²) in [6, 6.07) is 1.08. The molecule has 0 bridgehead atoms. The molecule has 0 aromatic carbocycles. The van der Waals surface area contributed by atoms with Crippen molar-refractivity contribution in [2.75, 3.05) is 20.3 Å². The number of nitrogens with one attached hydrogen (secondary N) is 1. The quantitative estimate of drug-likeness (QED) is 0.733.